The maximum Gasteiger partial charge on any atom is 0.266 e. The first-order valence-corrected chi connectivity index (χ1v) is 10.5. The van der Waals surface area contributed by atoms with Crippen LogP contribution >= 0.6 is 0 Å². The maximum atomic E-state index is 8.68. The Labute approximate surface area is 128 Å². The zero-order valence-corrected chi connectivity index (χ0v) is 14.9. The topological polar surface area (TPSA) is 151 Å². The highest BCUT2D eigenvalue weighted by Gasteiger charge is 2.28. The lowest BCUT2D eigenvalue weighted by atomic mass is 11.3. The van der Waals surface area contributed by atoms with Gasteiger partial charge in [-0.3, -0.25) is 0 Å². The van der Waals surface area contributed by atoms with E-state index in [1.165, 1.54) is 25.6 Å². The summed E-state index contributed by atoms with van der Waals surface area (Å²) in [4.78, 5) is 0. The van der Waals surface area contributed by atoms with Crippen molar-refractivity contribution >= 4 is 16.6 Å². The smallest absolute Gasteiger partial charge is 0.266 e. The Morgan fingerprint density at radius 1 is 0.762 bits per heavy atom. The molecule has 0 rings (SSSR count). The molecular weight excluding hydrogens is 316 g/mol. The molecule has 0 aliphatic carbocycles. The zero-order chi connectivity index (χ0) is 16.7. The lowest BCUT2D eigenvalue weighted by Crippen LogP contribution is -2.44. The van der Waals surface area contributed by atoms with Gasteiger partial charge in [-0.1, -0.05) is 11.4 Å². The van der Waals surface area contributed by atoms with Crippen LogP contribution in [0.15, 0.2) is 24.6 Å². The van der Waals surface area contributed by atoms with Gasteiger partial charge in [0.15, 0.2) is 0 Å². The minimum atomic E-state index is -2.32. The molecule has 0 bridgehead atoms. The van der Waals surface area contributed by atoms with Gasteiger partial charge in [-0.2, -0.15) is 0 Å². The predicted octanol–water partition coefficient (Wildman–Crippen LogP) is -2.48. The van der Waals surface area contributed by atoms with E-state index in [0.717, 1.165) is 7.11 Å². The van der Waals surface area contributed by atoms with Gasteiger partial charge in [0.2, 0.25) is 0 Å². The van der Waals surface area contributed by atoms with E-state index >= 15 is 0 Å². The molecule has 0 aliphatic rings. The normalized spacial score (nSPS) is 10.1. The third kappa shape index (κ3) is 10.9. The number of hydrogen-bond donors (Lipinski definition) is 5. The molecular formula is C11H30O8Si2. The first kappa shape index (κ1) is 28.7. The number of aliphatic hydroxyl groups excluding tert-OH is 5. The van der Waals surface area contributed by atoms with Crippen LogP contribution in [0.2, 0.25) is 0 Å². The van der Waals surface area contributed by atoms with E-state index in [0.29, 0.717) is 0 Å². The second-order valence-corrected chi connectivity index (χ2v) is 10.7. The van der Waals surface area contributed by atoms with E-state index < -0.39 is 16.6 Å². The second kappa shape index (κ2) is 17.6. The Kier molecular flexibility index (Phi) is 24.1. The van der Waals surface area contributed by atoms with Crippen LogP contribution in [-0.2, 0) is 8.85 Å². The highest BCUT2D eigenvalue weighted by Crippen LogP contribution is 2.01. The molecule has 0 heterocycles. The molecule has 21 heavy (non-hydrogen) atoms. The Morgan fingerprint density at radius 3 is 0.952 bits per heavy atom. The SMILES string of the molecule is C=C[Si](CO)(CO)OC.C=C[Si](CO)(CO)OC.CO.O. The van der Waals surface area contributed by atoms with E-state index in [9.17, 15) is 0 Å². The van der Waals surface area contributed by atoms with Gasteiger partial charge in [0, 0.05) is 21.3 Å². The fraction of sp³-hybridized carbons (Fsp3) is 0.636. The van der Waals surface area contributed by atoms with E-state index in [2.05, 4.69) is 13.2 Å². The summed E-state index contributed by atoms with van der Waals surface area (Å²) in [6, 6.07) is 0. The van der Waals surface area contributed by atoms with Crippen LogP contribution < -0.4 is 0 Å². The molecule has 130 valence electrons. The molecule has 0 unspecified atom stereocenters. The minimum absolute atomic E-state index is 0. The van der Waals surface area contributed by atoms with Gasteiger partial charge in [-0.25, -0.2) is 0 Å². The van der Waals surface area contributed by atoms with Crippen LogP contribution in [0.25, 0.3) is 0 Å². The summed E-state index contributed by atoms with van der Waals surface area (Å²) >= 11 is 0. The minimum Gasteiger partial charge on any atom is -0.412 e. The first-order chi connectivity index (χ1) is 9.49. The fourth-order valence-corrected chi connectivity index (χ4v) is 2.35. The monoisotopic (exact) mass is 346 g/mol. The van der Waals surface area contributed by atoms with Crippen molar-refractivity contribution in [1.29, 1.82) is 0 Å². The van der Waals surface area contributed by atoms with Crippen LogP contribution in [0.1, 0.15) is 0 Å². The third-order valence-corrected chi connectivity index (χ3v) is 7.88. The fourth-order valence-electron chi connectivity index (χ4n) is 0.783. The van der Waals surface area contributed by atoms with Gasteiger partial charge in [0.05, 0.1) is 24.9 Å². The highest BCUT2D eigenvalue weighted by molar-refractivity contribution is 6.78. The summed E-state index contributed by atoms with van der Waals surface area (Å²) in [6.07, 6.45) is -0.431. The largest absolute Gasteiger partial charge is 0.412 e. The molecule has 0 aromatic heterocycles. The number of rotatable bonds is 8. The molecule has 7 N–H and O–H groups in total. The molecule has 0 saturated carbocycles. The molecule has 0 spiro atoms. The molecule has 8 nitrogen and oxygen atoms in total. The molecule has 0 atom stereocenters. The van der Waals surface area contributed by atoms with Gasteiger partial charge < -0.3 is 39.9 Å². The number of aliphatic hydroxyl groups is 5. The summed E-state index contributed by atoms with van der Waals surface area (Å²) in [5.74, 6) is 0. The average molecular weight is 347 g/mol. The molecule has 0 amide bonds. The summed E-state index contributed by atoms with van der Waals surface area (Å²) in [7, 11) is -0.688. The molecule has 0 radical (unpaired) electrons. The maximum absolute atomic E-state index is 8.68. The van der Waals surface area contributed by atoms with Gasteiger partial charge in [0.1, 0.15) is 0 Å². The third-order valence-electron chi connectivity index (χ3n) is 2.63. The van der Waals surface area contributed by atoms with Gasteiger partial charge in [-0.15, -0.1) is 13.2 Å². The zero-order valence-electron chi connectivity index (χ0n) is 12.9. The van der Waals surface area contributed by atoms with E-state index in [4.69, 9.17) is 34.4 Å². The average Bonchev–Trinajstić information content (AvgIpc) is 2.55. The van der Waals surface area contributed by atoms with E-state index in [1.807, 2.05) is 0 Å². The summed E-state index contributed by atoms with van der Waals surface area (Å²) in [5.41, 5.74) is 3.04. The molecule has 0 aromatic carbocycles. The van der Waals surface area contributed by atoms with Crippen molar-refractivity contribution in [2.75, 3.05) is 46.3 Å². The van der Waals surface area contributed by atoms with Crippen LogP contribution in [0.5, 0.6) is 0 Å². The molecule has 10 heteroatoms. The van der Waals surface area contributed by atoms with Gasteiger partial charge in [0.25, 0.3) is 16.6 Å². The summed E-state index contributed by atoms with van der Waals surface area (Å²) in [6.45, 7) is 6.92. The molecule has 0 fully saturated rings. The Balaban J connectivity index is -0.000000118. The second-order valence-electron chi connectivity index (χ2n) is 3.58. The first-order valence-electron chi connectivity index (χ1n) is 5.74. The summed E-state index contributed by atoms with van der Waals surface area (Å²) in [5, 5.41) is 41.7. The summed E-state index contributed by atoms with van der Waals surface area (Å²) < 4.78 is 9.81. The quantitative estimate of drug-likeness (QED) is 0.305. The van der Waals surface area contributed by atoms with Crippen molar-refractivity contribution in [3.63, 3.8) is 0 Å². The van der Waals surface area contributed by atoms with Crippen molar-refractivity contribution in [2.45, 2.75) is 0 Å². The molecule has 0 aromatic rings. The van der Waals surface area contributed by atoms with Crippen molar-refractivity contribution in [1.82, 2.24) is 0 Å². The van der Waals surface area contributed by atoms with Crippen molar-refractivity contribution in [3.05, 3.63) is 24.6 Å². The van der Waals surface area contributed by atoms with Gasteiger partial charge >= 0.3 is 0 Å². The van der Waals surface area contributed by atoms with Crippen LogP contribution in [0.3, 0.4) is 0 Å². The van der Waals surface area contributed by atoms with Crippen molar-refractivity contribution < 1.29 is 39.9 Å². The highest BCUT2D eigenvalue weighted by atomic mass is 28.4. The number of hydrogen-bond acceptors (Lipinski definition) is 7. The van der Waals surface area contributed by atoms with E-state index in [-0.39, 0.29) is 30.4 Å². The van der Waals surface area contributed by atoms with Gasteiger partial charge in [-0.05, 0) is 0 Å². The predicted molar refractivity (Wildman–Crippen MR) is 86.0 cm³/mol. The standard InChI is InChI=1S/2C5H12O3Si.CH4O.H2O/c2*1-3-9(4-6,5-7)8-2;1-2;/h2*3,6-7H,1,4-5H2,2H3;2H,1H3;1H2. The van der Waals surface area contributed by atoms with Crippen molar-refractivity contribution in [2.24, 2.45) is 0 Å². The molecule has 0 saturated heterocycles. The molecule has 0 aliphatic heterocycles. The van der Waals surface area contributed by atoms with E-state index in [1.54, 1.807) is 0 Å². The Morgan fingerprint density at radius 2 is 0.952 bits per heavy atom. The Bertz CT molecular complexity index is 192. The Hall–Kier alpha value is -0.406. The van der Waals surface area contributed by atoms with Crippen LogP contribution in [0, 0.1) is 0 Å². The lowest BCUT2D eigenvalue weighted by Gasteiger charge is -2.19. The lowest BCUT2D eigenvalue weighted by molar-refractivity contribution is 0.262. The van der Waals surface area contributed by atoms with Crippen molar-refractivity contribution in [3.8, 4) is 0 Å². The van der Waals surface area contributed by atoms with Crippen LogP contribution in [-0.4, -0.2) is 93.9 Å². The van der Waals surface area contributed by atoms with Crippen LogP contribution in [0.4, 0.5) is 0 Å².